The monoisotopic (exact) mass is 256 g/mol. The van der Waals surface area contributed by atoms with Crippen LogP contribution in [-0.2, 0) is 6.42 Å². The van der Waals surface area contributed by atoms with Crippen LogP contribution < -0.4 is 9.47 Å². The zero-order valence-electron chi connectivity index (χ0n) is 10.1. The summed E-state index contributed by atoms with van der Waals surface area (Å²) >= 11 is 6.38. The molecule has 1 N–H and O–H groups in total. The van der Waals surface area contributed by atoms with Crippen molar-refractivity contribution < 1.29 is 14.6 Å². The highest BCUT2D eigenvalue weighted by molar-refractivity contribution is 6.33. The van der Waals surface area contributed by atoms with E-state index in [1.165, 1.54) is 0 Å². The minimum Gasteiger partial charge on any atom is -0.486 e. The highest BCUT2D eigenvalue weighted by atomic mass is 35.5. The summed E-state index contributed by atoms with van der Waals surface area (Å²) in [6.07, 6.45) is 0.587. The van der Waals surface area contributed by atoms with E-state index in [-0.39, 0.29) is 6.61 Å². The molecule has 0 bridgehead atoms. The summed E-state index contributed by atoms with van der Waals surface area (Å²) in [7, 11) is 0. The lowest BCUT2D eigenvalue weighted by molar-refractivity contribution is 0.171. The van der Waals surface area contributed by atoms with Gasteiger partial charge in [0, 0.05) is 6.61 Å². The maximum Gasteiger partial charge on any atom is 0.180 e. The third-order valence-corrected chi connectivity index (χ3v) is 3.23. The van der Waals surface area contributed by atoms with Gasteiger partial charge < -0.3 is 14.6 Å². The van der Waals surface area contributed by atoms with E-state index in [1.54, 1.807) is 0 Å². The quantitative estimate of drug-likeness (QED) is 0.904. The lowest BCUT2D eigenvalue weighted by Crippen LogP contribution is -2.17. The Morgan fingerprint density at radius 2 is 2.06 bits per heavy atom. The highest BCUT2D eigenvalue weighted by Crippen LogP contribution is 2.44. The van der Waals surface area contributed by atoms with E-state index in [1.807, 2.05) is 6.07 Å². The first kappa shape index (κ1) is 12.5. The molecule has 94 valence electrons. The standard InChI is InChI=1S/C13H17ClO3/c1-8(2)11-9(3-4-15)7-10-13(12(11)14)17-6-5-16-10/h7-8,15H,3-6H2,1-2H3. The summed E-state index contributed by atoms with van der Waals surface area (Å²) in [6, 6.07) is 1.94. The van der Waals surface area contributed by atoms with Gasteiger partial charge in [0.05, 0.1) is 5.02 Å². The van der Waals surface area contributed by atoms with E-state index in [9.17, 15) is 0 Å². The van der Waals surface area contributed by atoms with Crippen LogP contribution in [0.15, 0.2) is 6.07 Å². The van der Waals surface area contributed by atoms with Gasteiger partial charge in [-0.2, -0.15) is 0 Å². The summed E-state index contributed by atoms with van der Waals surface area (Å²) in [5, 5.41) is 9.73. The maximum atomic E-state index is 9.11. The van der Waals surface area contributed by atoms with E-state index in [0.29, 0.717) is 42.1 Å². The lowest BCUT2D eigenvalue weighted by atomic mass is 9.94. The first-order valence-corrected chi connectivity index (χ1v) is 6.24. The number of hydrogen-bond donors (Lipinski definition) is 1. The molecule has 1 aliphatic heterocycles. The number of rotatable bonds is 3. The first-order chi connectivity index (χ1) is 8.15. The molecule has 3 nitrogen and oxygen atoms in total. The molecule has 0 spiro atoms. The number of aliphatic hydroxyl groups is 1. The number of halogens is 1. The summed E-state index contributed by atoms with van der Waals surface area (Å²) in [6.45, 7) is 5.35. The van der Waals surface area contributed by atoms with Gasteiger partial charge in [0.25, 0.3) is 0 Å². The number of fused-ring (bicyclic) bond motifs is 1. The van der Waals surface area contributed by atoms with Gasteiger partial charge in [-0.05, 0) is 29.5 Å². The van der Waals surface area contributed by atoms with Crippen LogP contribution in [0.2, 0.25) is 5.02 Å². The number of benzene rings is 1. The van der Waals surface area contributed by atoms with E-state index >= 15 is 0 Å². The second kappa shape index (κ2) is 5.15. The molecule has 0 saturated carbocycles. The van der Waals surface area contributed by atoms with Crippen molar-refractivity contribution in [2.75, 3.05) is 19.8 Å². The molecule has 17 heavy (non-hydrogen) atoms. The van der Waals surface area contributed by atoms with Crippen molar-refractivity contribution in [3.63, 3.8) is 0 Å². The zero-order chi connectivity index (χ0) is 12.4. The van der Waals surface area contributed by atoms with Crippen molar-refractivity contribution in [2.24, 2.45) is 0 Å². The molecule has 0 atom stereocenters. The average Bonchev–Trinajstić information content (AvgIpc) is 2.29. The van der Waals surface area contributed by atoms with Crippen LogP contribution in [0.1, 0.15) is 30.9 Å². The van der Waals surface area contributed by atoms with Crippen molar-refractivity contribution in [1.82, 2.24) is 0 Å². The van der Waals surface area contributed by atoms with Crippen LogP contribution in [0.3, 0.4) is 0 Å². The Kier molecular flexibility index (Phi) is 3.79. The molecular formula is C13H17ClO3. The fourth-order valence-corrected chi connectivity index (χ4v) is 2.65. The van der Waals surface area contributed by atoms with Crippen LogP contribution in [0.5, 0.6) is 11.5 Å². The van der Waals surface area contributed by atoms with Crippen LogP contribution in [0.4, 0.5) is 0 Å². The minimum atomic E-state index is 0.107. The van der Waals surface area contributed by atoms with E-state index in [2.05, 4.69) is 13.8 Å². The van der Waals surface area contributed by atoms with Crippen LogP contribution >= 0.6 is 11.6 Å². The predicted octanol–water partition coefficient (Wildman–Crippen LogP) is 2.77. The summed E-state index contributed by atoms with van der Waals surface area (Å²) in [5.74, 6) is 1.62. The van der Waals surface area contributed by atoms with Crippen molar-refractivity contribution in [2.45, 2.75) is 26.2 Å². The Bertz CT molecular complexity index is 416. The normalized spacial score (nSPS) is 14.2. The van der Waals surface area contributed by atoms with Crippen LogP contribution in [-0.4, -0.2) is 24.9 Å². The van der Waals surface area contributed by atoms with Crippen molar-refractivity contribution in [1.29, 1.82) is 0 Å². The summed E-state index contributed by atoms with van der Waals surface area (Å²) < 4.78 is 11.1. The average molecular weight is 257 g/mol. The molecule has 0 aliphatic carbocycles. The summed E-state index contributed by atoms with van der Waals surface area (Å²) in [4.78, 5) is 0. The van der Waals surface area contributed by atoms with Gasteiger partial charge in [0.1, 0.15) is 13.2 Å². The second-order valence-electron chi connectivity index (χ2n) is 4.42. The van der Waals surface area contributed by atoms with Gasteiger partial charge >= 0.3 is 0 Å². The smallest absolute Gasteiger partial charge is 0.180 e. The molecule has 0 fully saturated rings. The second-order valence-corrected chi connectivity index (χ2v) is 4.79. The van der Waals surface area contributed by atoms with Gasteiger partial charge in [0.15, 0.2) is 11.5 Å². The van der Waals surface area contributed by atoms with Gasteiger partial charge in [-0.1, -0.05) is 25.4 Å². The molecule has 1 heterocycles. The Hall–Kier alpha value is -0.930. The maximum absolute atomic E-state index is 9.11. The van der Waals surface area contributed by atoms with Crippen LogP contribution in [0.25, 0.3) is 0 Å². The molecule has 0 aromatic heterocycles. The molecule has 0 saturated heterocycles. The number of hydrogen-bond acceptors (Lipinski definition) is 3. The number of aliphatic hydroxyl groups excluding tert-OH is 1. The molecular weight excluding hydrogens is 240 g/mol. The minimum absolute atomic E-state index is 0.107. The molecule has 1 aromatic rings. The molecule has 2 rings (SSSR count). The first-order valence-electron chi connectivity index (χ1n) is 5.87. The third-order valence-electron chi connectivity index (χ3n) is 2.86. The van der Waals surface area contributed by atoms with E-state index in [0.717, 1.165) is 11.1 Å². The zero-order valence-corrected chi connectivity index (χ0v) is 10.9. The largest absolute Gasteiger partial charge is 0.486 e. The molecule has 0 unspecified atom stereocenters. The van der Waals surface area contributed by atoms with Crippen molar-refractivity contribution >= 4 is 11.6 Å². The fraction of sp³-hybridized carbons (Fsp3) is 0.538. The van der Waals surface area contributed by atoms with Gasteiger partial charge in [0.2, 0.25) is 0 Å². The number of ether oxygens (including phenoxy) is 2. The summed E-state index contributed by atoms with van der Waals surface area (Å²) in [5.41, 5.74) is 2.08. The SMILES string of the molecule is CC(C)c1c(CCO)cc2c(c1Cl)OCCO2. The predicted molar refractivity (Wildman–Crippen MR) is 67.3 cm³/mol. The van der Waals surface area contributed by atoms with Gasteiger partial charge in [-0.3, -0.25) is 0 Å². The van der Waals surface area contributed by atoms with Crippen LogP contribution in [0, 0.1) is 0 Å². The Morgan fingerprint density at radius 3 is 2.71 bits per heavy atom. The van der Waals surface area contributed by atoms with Crippen molar-refractivity contribution in [3.8, 4) is 11.5 Å². The van der Waals surface area contributed by atoms with E-state index < -0.39 is 0 Å². The fourth-order valence-electron chi connectivity index (χ4n) is 2.16. The van der Waals surface area contributed by atoms with Crippen molar-refractivity contribution in [3.05, 3.63) is 22.2 Å². The Morgan fingerprint density at radius 1 is 1.35 bits per heavy atom. The molecule has 1 aliphatic rings. The Labute approximate surface area is 106 Å². The molecule has 1 aromatic carbocycles. The Balaban J connectivity index is 2.55. The molecule has 4 heteroatoms. The molecule has 0 radical (unpaired) electrons. The highest BCUT2D eigenvalue weighted by Gasteiger charge is 2.22. The lowest BCUT2D eigenvalue weighted by Gasteiger charge is -2.24. The molecule has 0 amide bonds. The third kappa shape index (κ3) is 2.35. The van der Waals surface area contributed by atoms with Gasteiger partial charge in [-0.15, -0.1) is 0 Å². The van der Waals surface area contributed by atoms with Gasteiger partial charge in [-0.25, -0.2) is 0 Å². The van der Waals surface area contributed by atoms with E-state index in [4.69, 9.17) is 26.2 Å². The topological polar surface area (TPSA) is 38.7 Å².